The van der Waals surface area contributed by atoms with Gasteiger partial charge in [-0.05, 0) is 41.3 Å². The first-order chi connectivity index (χ1) is 14.9. The fraction of sp³-hybridized carbons (Fsp3) is 0.167. The van der Waals surface area contributed by atoms with Gasteiger partial charge in [0, 0.05) is 23.3 Å². The van der Waals surface area contributed by atoms with Gasteiger partial charge in [0.15, 0.2) is 0 Å². The zero-order chi connectivity index (χ0) is 22.2. The van der Waals surface area contributed by atoms with E-state index < -0.39 is 4.92 Å². The Kier molecular flexibility index (Phi) is 7.11. The van der Waals surface area contributed by atoms with Crippen molar-refractivity contribution in [3.8, 4) is 5.75 Å². The summed E-state index contributed by atoms with van der Waals surface area (Å²) in [6, 6.07) is 21.0. The third-order valence-corrected chi connectivity index (χ3v) is 4.63. The van der Waals surface area contributed by atoms with Crippen molar-refractivity contribution in [1.82, 2.24) is 5.43 Å². The predicted molar refractivity (Wildman–Crippen MR) is 119 cm³/mol. The van der Waals surface area contributed by atoms with Crippen LogP contribution in [-0.4, -0.2) is 17.0 Å². The summed E-state index contributed by atoms with van der Waals surface area (Å²) in [5.74, 6) is 0.892. The number of hydrazone groups is 1. The second kappa shape index (κ2) is 10.2. The van der Waals surface area contributed by atoms with Gasteiger partial charge in [0.05, 0.1) is 11.1 Å². The molecule has 0 saturated heterocycles. The molecule has 0 saturated carbocycles. The highest BCUT2D eigenvalue weighted by atomic mass is 16.6. The molecular weight excluding hydrogens is 394 g/mol. The lowest BCUT2D eigenvalue weighted by atomic mass is 10.0. The van der Waals surface area contributed by atoms with E-state index in [0.717, 1.165) is 11.3 Å². The van der Waals surface area contributed by atoms with E-state index in [4.69, 9.17) is 4.74 Å². The summed E-state index contributed by atoms with van der Waals surface area (Å²) in [6.07, 6.45) is 1.36. The number of hydrogen-bond acceptors (Lipinski definition) is 5. The fourth-order valence-electron chi connectivity index (χ4n) is 2.82. The highest BCUT2D eigenvalue weighted by Gasteiger charge is 2.06. The Hall–Kier alpha value is -4.00. The predicted octanol–water partition coefficient (Wildman–Crippen LogP) is 5.06. The van der Waals surface area contributed by atoms with Gasteiger partial charge >= 0.3 is 0 Å². The lowest BCUT2D eigenvalue weighted by molar-refractivity contribution is -0.384. The summed E-state index contributed by atoms with van der Waals surface area (Å²) in [6.45, 7) is 4.69. The van der Waals surface area contributed by atoms with Crippen molar-refractivity contribution >= 4 is 17.8 Å². The molecule has 7 nitrogen and oxygen atoms in total. The zero-order valence-corrected chi connectivity index (χ0v) is 17.3. The summed E-state index contributed by atoms with van der Waals surface area (Å²) in [5, 5.41) is 14.7. The first-order valence-electron chi connectivity index (χ1n) is 9.82. The van der Waals surface area contributed by atoms with E-state index in [1.165, 1.54) is 23.9 Å². The minimum Gasteiger partial charge on any atom is -0.489 e. The Morgan fingerprint density at radius 2 is 1.81 bits per heavy atom. The van der Waals surface area contributed by atoms with Crippen LogP contribution in [0.1, 0.15) is 46.8 Å². The van der Waals surface area contributed by atoms with E-state index in [9.17, 15) is 14.9 Å². The van der Waals surface area contributed by atoms with Crippen molar-refractivity contribution < 1.29 is 14.5 Å². The Balaban J connectivity index is 1.52. The third kappa shape index (κ3) is 6.24. The third-order valence-electron chi connectivity index (χ3n) is 4.63. The average Bonchev–Trinajstić information content (AvgIpc) is 2.78. The molecule has 3 aromatic carbocycles. The van der Waals surface area contributed by atoms with Crippen LogP contribution in [0.5, 0.6) is 5.75 Å². The van der Waals surface area contributed by atoms with Gasteiger partial charge in [0.2, 0.25) is 0 Å². The van der Waals surface area contributed by atoms with Crippen LogP contribution >= 0.6 is 0 Å². The number of non-ortho nitro benzene ring substituents is 1. The van der Waals surface area contributed by atoms with E-state index in [1.54, 1.807) is 24.3 Å². The number of benzene rings is 3. The zero-order valence-electron chi connectivity index (χ0n) is 17.3. The van der Waals surface area contributed by atoms with E-state index in [-0.39, 0.29) is 11.6 Å². The molecule has 3 aromatic rings. The minimum absolute atomic E-state index is 0.0380. The number of amides is 1. The first kappa shape index (κ1) is 21.7. The van der Waals surface area contributed by atoms with Gasteiger partial charge in [-0.3, -0.25) is 14.9 Å². The summed E-state index contributed by atoms with van der Waals surface area (Å²) < 4.78 is 5.80. The number of ether oxygens (including phenoxy) is 1. The molecule has 7 heteroatoms. The largest absolute Gasteiger partial charge is 0.489 e. The number of hydrogen-bond donors (Lipinski definition) is 1. The SMILES string of the molecule is CC(C)c1ccc(OCc2ccc(C(=O)NN=Cc3cccc([N+](=O)[O-])c3)cc2)cc1. The van der Waals surface area contributed by atoms with Crippen LogP contribution in [-0.2, 0) is 6.61 Å². The van der Waals surface area contributed by atoms with E-state index >= 15 is 0 Å². The maximum absolute atomic E-state index is 12.2. The molecule has 1 amide bonds. The van der Waals surface area contributed by atoms with Gasteiger partial charge in [-0.15, -0.1) is 0 Å². The molecule has 0 radical (unpaired) electrons. The van der Waals surface area contributed by atoms with Crippen molar-refractivity contribution in [2.45, 2.75) is 26.4 Å². The normalized spacial score (nSPS) is 10.9. The smallest absolute Gasteiger partial charge is 0.271 e. The quantitative estimate of drug-likeness (QED) is 0.315. The van der Waals surface area contributed by atoms with Crippen LogP contribution in [0.15, 0.2) is 77.9 Å². The summed E-state index contributed by atoms with van der Waals surface area (Å²) in [7, 11) is 0. The number of carbonyl (C=O) groups excluding carboxylic acids is 1. The second-order valence-electron chi connectivity index (χ2n) is 7.26. The Morgan fingerprint density at radius 3 is 2.45 bits per heavy atom. The molecule has 0 spiro atoms. The van der Waals surface area contributed by atoms with Crippen LogP contribution in [0.2, 0.25) is 0 Å². The molecule has 0 fully saturated rings. The number of rotatable bonds is 8. The molecule has 0 atom stereocenters. The molecule has 0 aliphatic rings. The van der Waals surface area contributed by atoms with Crippen molar-refractivity contribution in [2.75, 3.05) is 0 Å². The van der Waals surface area contributed by atoms with Crippen LogP contribution in [0, 0.1) is 10.1 Å². The molecule has 0 bridgehead atoms. The maximum atomic E-state index is 12.2. The first-order valence-corrected chi connectivity index (χ1v) is 9.82. The summed E-state index contributed by atoms with van der Waals surface area (Å²) >= 11 is 0. The van der Waals surface area contributed by atoms with Crippen molar-refractivity contribution in [1.29, 1.82) is 0 Å². The van der Waals surface area contributed by atoms with E-state index in [0.29, 0.717) is 23.7 Å². The Labute approximate surface area is 180 Å². The molecular formula is C24H23N3O4. The molecule has 0 aromatic heterocycles. The van der Waals surface area contributed by atoms with Gasteiger partial charge in [-0.2, -0.15) is 5.10 Å². The standard InChI is InChI=1S/C24H23N3O4/c1-17(2)20-10-12-23(13-11-20)31-16-18-6-8-21(9-7-18)24(28)26-25-15-19-4-3-5-22(14-19)27(29)30/h3-15,17H,16H2,1-2H3,(H,26,28). The average molecular weight is 417 g/mol. The van der Waals surface area contributed by atoms with Crippen LogP contribution in [0.3, 0.4) is 0 Å². The Bertz CT molecular complexity index is 1070. The molecule has 0 aliphatic heterocycles. The number of nitrogens with one attached hydrogen (secondary N) is 1. The topological polar surface area (TPSA) is 93.8 Å². The molecule has 0 unspecified atom stereocenters. The summed E-state index contributed by atoms with van der Waals surface area (Å²) in [4.78, 5) is 22.5. The van der Waals surface area contributed by atoms with E-state index in [1.807, 2.05) is 24.3 Å². The molecule has 31 heavy (non-hydrogen) atoms. The summed E-state index contributed by atoms with van der Waals surface area (Å²) in [5.41, 5.74) is 5.54. The maximum Gasteiger partial charge on any atom is 0.271 e. The fourth-order valence-corrected chi connectivity index (χ4v) is 2.82. The van der Waals surface area contributed by atoms with Gasteiger partial charge in [-0.25, -0.2) is 5.43 Å². The van der Waals surface area contributed by atoms with Crippen molar-refractivity contribution in [3.63, 3.8) is 0 Å². The van der Waals surface area contributed by atoms with Gasteiger partial charge in [0.1, 0.15) is 12.4 Å². The van der Waals surface area contributed by atoms with Crippen LogP contribution < -0.4 is 10.2 Å². The molecule has 0 aliphatic carbocycles. The second-order valence-corrected chi connectivity index (χ2v) is 7.26. The molecule has 3 rings (SSSR count). The van der Waals surface area contributed by atoms with E-state index in [2.05, 4.69) is 36.5 Å². The van der Waals surface area contributed by atoms with Gasteiger partial charge in [-0.1, -0.05) is 50.2 Å². The lowest BCUT2D eigenvalue weighted by Crippen LogP contribution is -2.17. The highest BCUT2D eigenvalue weighted by molar-refractivity contribution is 5.94. The van der Waals surface area contributed by atoms with Gasteiger partial charge in [0.25, 0.3) is 11.6 Å². The highest BCUT2D eigenvalue weighted by Crippen LogP contribution is 2.19. The monoisotopic (exact) mass is 417 g/mol. The number of carbonyl (C=O) groups is 1. The van der Waals surface area contributed by atoms with Crippen LogP contribution in [0.4, 0.5) is 5.69 Å². The van der Waals surface area contributed by atoms with Crippen LogP contribution in [0.25, 0.3) is 0 Å². The molecule has 1 N–H and O–H groups in total. The minimum atomic E-state index is -0.484. The lowest BCUT2D eigenvalue weighted by Gasteiger charge is -2.09. The van der Waals surface area contributed by atoms with Crippen molar-refractivity contribution in [2.24, 2.45) is 5.10 Å². The number of nitrogens with zero attached hydrogens (tertiary/aromatic N) is 2. The number of nitro groups is 1. The molecule has 158 valence electrons. The van der Waals surface area contributed by atoms with Gasteiger partial charge < -0.3 is 4.74 Å². The molecule has 0 heterocycles. The van der Waals surface area contributed by atoms with Crippen molar-refractivity contribution in [3.05, 3.63) is 105 Å². The Morgan fingerprint density at radius 1 is 1.10 bits per heavy atom. The number of nitro benzene ring substituents is 1.